The summed E-state index contributed by atoms with van der Waals surface area (Å²) in [5.74, 6) is 1.85. The summed E-state index contributed by atoms with van der Waals surface area (Å²) in [7, 11) is 0. The smallest absolute Gasteiger partial charge is 0.227 e. The summed E-state index contributed by atoms with van der Waals surface area (Å²) in [6.07, 6.45) is 2.44. The summed E-state index contributed by atoms with van der Waals surface area (Å²) < 4.78 is 2.31. The van der Waals surface area contributed by atoms with Crippen LogP contribution in [0.1, 0.15) is 18.5 Å². The van der Waals surface area contributed by atoms with Gasteiger partial charge in [-0.3, -0.25) is 4.90 Å². The van der Waals surface area contributed by atoms with Gasteiger partial charge in [0, 0.05) is 57.9 Å². The van der Waals surface area contributed by atoms with Gasteiger partial charge >= 0.3 is 0 Å². The Hall–Kier alpha value is -2.51. The monoisotopic (exact) mass is 391 g/mol. The van der Waals surface area contributed by atoms with Crippen molar-refractivity contribution in [1.82, 2.24) is 29.7 Å². The maximum Gasteiger partial charge on any atom is 0.227 e. The molecule has 0 atom stereocenters. The normalized spacial score (nSPS) is 18.0. The van der Waals surface area contributed by atoms with Crippen molar-refractivity contribution < 1.29 is 0 Å². The number of rotatable bonds is 5. The molecule has 1 aromatic carbocycles. The zero-order chi connectivity index (χ0) is 19.6. The number of aromatic nitrogens is 4. The van der Waals surface area contributed by atoms with Crippen molar-refractivity contribution in [3.05, 3.63) is 36.0 Å². The fourth-order valence-corrected chi connectivity index (χ4v) is 4.38. The molecular formula is C22H29N7. The van der Waals surface area contributed by atoms with Crippen molar-refractivity contribution in [2.24, 2.45) is 0 Å². The third-order valence-corrected chi connectivity index (χ3v) is 6.03. The summed E-state index contributed by atoms with van der Waals surface area (Å²) in [6.45, 7) is 10.4. The third kappa shape index (κ3) is 3.72. The Morgan fingerprint density at radius 2 is 1.66 bits per heavy atom. The highest BCUT2D eigenvalue weighted by molar-refractivity contribution is 5.80. The molecule has 0 unspecified atom stereocenters. The van der Waals surface area contributed by atoms with Crippen LogP contribution in [0.2, 0.25) is 0 Å². The molecule has 2 aliphatic heterocycles. The fraction of sp³-hybridized carbons (Fsp3) is 0.500. The first-order valence-electron chi connectivity index (χ1n) is 10.8. The van der Waals surface area contributed by atoms with Gasteiger partial charge < -0.3 is 14.8 Å². The third-order valence-electron chi connectivity index (χ3n) is 6.03. The lowest BCUT2D eigenvalue weighted by Crippen LogP contribution is -2.44. The lowest BCUT2D eigenvalue weighted by atomic mass is 10.2. The van der Waals surface area contributed by atoms with Crippen LogP contribution < -0.4 is 10.2 Å². The molecule has 5 rings (SSSR count). The van der Waals surface area contributed by atoms with E-state index in [0.29, 0.717) is 0 Å². The average molecular weight is 392 g/mol. The van der Waals surface area contributed by atoms with Gasteiger partial charge in [-0.1, -0.05) is 30.3 Å². The van der Waals surface area contributed by atoms with Crippen molar-refractivity contribution in [3.8, 4) is 11.4 Å². The molecule has 2 saturated heterocycles. The molecule has 0 bridgehead atoms. The van der Waals surface area contributed by atoms with Crippen LogP contribution in [-0.4, -0.2) is 70.2 Å². The molecule has 0 spiro atoms. The largest absolute Gasteiger partial charge is 0.341 e. The molecular weight excluding hydrogens is 362 g/mol. The number of nitrogens with zero attached hydrogens (tertiary/aromatic N) is 6. The van der Waals surface area contributed by atoms with Gasteiger partial charge in [-0.2, -0.15) is 4.98 Å². The SMILES string of the molecule is Cc1nc(N2CCCC2)nc2c1nc(-c1ccccc1)n2CCN1CCNCC1. The molecule has 0 saturated carbocycles. The van der Waals surface area contributed by atoms with E-state index in [2.05, 4.69) is 50.9 Å². The topological polar surface area (TPSA) is 62.1 Å². The van der Waals surface area contributed by atoms with Crippen LogP contribution in [0.5, 0.6) is 0 Å². The van der Waals surface area contributed by atoms with Gasteiger partial charge in [-0.05, 0) is 19.8 Å². The number of nitrogens with one attached hydrogen (secondary N) is 1. The molecule has 3 aromatic rings. The number of piperazine rings is 1. The summed E-state index contributed by atoms with van der Waals surface area (Å²) >= 11 is 0. The van der Waals surface area contributed by atoms with Gasteiger partial charge in [-0.15, -0.1) is 0 Å². The first-order valence-corrected chi connectivity index (χ1v) is 10.8. The first-order chi connectivity index (χ1) is 14.3. The van der Waals surface area contributed by atoms with Crippen LogP contribution in [0.4, 0.5) is 5.95 Å². The minimum absolute atomic E-state index is 0.857. The van der Waals surface area contributed by atoms with Gasteiger partial charge in [0.1, 0.15) is 11.3 Å². The van der Waals surface area contributed by atoms with E-state index in [4.69, 9.17) is 15.0 Å². The molecule has 0 radical (unpaired) electrons. The van der Waals surface area contributed by atoms with Gasteiger partial charge in [0.2, 0.25) is 5.95 Å². The Bertz CT molecular complexity index is 970. The van der Waals surface area contributed by atoms with Crippen molar-refractivity contribution in [2.45, 2.75) is 26.3 Å². The Kier molecular flexibility index (Phi) is 5.16. The minimum Gasteiger partial charge on any atom is -0.341 e. The second kappa shape index (κ2) is 8.08. The summed E-state index contributed by atoms with van der Waals surface area (Å²) in [4.78, 5) is 19.6. The van der Waals surface area contributed by atoms with E-state index in [1.807, 2.05) is 6.07 Å². The van der Waals surface area contributed by atoms with E-state index in [1.54, 1.807) is 0 Å². The Morgan fingerprint density at radius 3 is 2.41 bits per heavy atom. The molecule has 7 heteroatoms. The van der Waals surface area contributed by atoms with E-state index in [0.717, 1.165) is 86.6 Å². The first kappa shape index (κ1) is 18.5. The number of fused-ring (bicyclic) bond motifs is 1. The van der Waals surface area contributed by atoms with E-state index in [1.165, 1.54) is 12.8 Å². The lowest BCUT2D eigenvalue weighted by molar-refractivity contribution is 0.233. The number of hydrogen-bond acceptors (Lipinski definition) is 6. The van der Waals surface area contributed by atoms with Gasteiger partial charge in [0.05, 0.1) is 5.69 Å². The number of aryl methyl sites for hydroxylation is 1. The number of anilines is 1. The maximum absolute atomic E-state index is 5.01. The van der Waals surface area contributed by atoms with E-state index >= 15 is 0 Å². The molecule has 2 aromatic heterocycles. The van der Waals surface area contributed by atoms with Crippen molar-refractivity contribution in [1.29, 1.82) is 0 Å². The Morgan fingerprint density at radius 1 is 0.897 bits per heavy atom. The standard InChI is InChI=1S/C22H29N7/c1-17-19-21(26-22(24-17)28-11-5-6-12-28)29(16-15-27-13-9-23-10-14-27)20(25-19)18-7-3-2-4-8-18/h2-4,7-8,23H,5-6,9-16H2,1H3. The second-order valence-corrected chi connectivity index (χ2v) is 8.02. The van der Waals surface area contributed by atoms with Crippen LogP contribution in [0.3, 0.4) is 0 Å². The predicted octanol–water partition coefficient (Wildman–Crippen LogP) is 2.31. The molecule has 0 amide bonds. The number of imidazole rings is 1. The highest BCUT2D eigenvalue weighted by Crippen LogP contribution is 2.27. The average Bonchev–Trinajstić information content (AvgIpc) is 3.42. The van der Waals surface area contributed by atoms with E-state index in [9.17, 15) is 0 Å². The highest BCUT2D eigenvalue weighted by Gasteiger charge is 2.22. The van der Waals surface area contributed by atoms with E-state index < -0.39 is 0 Å². The zero-order valence-corrected chi connectivity index (χ0v) is 17.1. The lowest BCUT2D eigenvalue weighted by Gasteiger charge is -2.27. The number of benzene rings is 1. The molecule has 1 N–H and O–H groups in total. The summed E-state index contributed by atoms with van der Waals surface area (Å²) in [5, 5.41) is 3.43. The molecule has 2 aliphatic rings. The van der Waals surface area contributed by atoms with Gasteiger partial charge in [0.25, 0.3) is 0 Å². The molecule has 7 nitrogen and oxygen atoms in total. The van der Waals surface area contributed by atoms with Crippen LogP contribution in [0.15, 0.2) is 30.3 Å². The second-order valence-electron chi connectivity index (χ2n) is 8.02. The van der Waals surface area contributed by atoms with Crippen molar-refractivity contribution >= 4 is 17.1 Å². The Labute approximate surface area is 171 Å². The molecule has 29 heavy (non-hydrogen) atoms. The fourth-order valence-electron chi connectivity index (χ4n) is 4.38. The zero-order valence-electron chi connectivity index (χ0n) is 17.1. The van der Waals surface area contributed by atoms with Crippen LogP contribution in [0, 0.1) is 6.92 Å². The predicted molar refractivity (Wildman–Crippen MR) is 116 cm³/mol. The summed E-state index contributed by atoms with van der Waals surface area (Å²) in [5.41, 5.74) is 3.99. The Balaban J connectivity index is 1.57. The molecule has 152 valence electrons. The molecule has 2 fully saturated rings. The molecule has 4 heterocycles. The van der Waals surface area contributed by atoms with Gasteiger partial charge in [-0.25, -0.2) is 9.97 Å². The quantitative estimate of drug-likeness (QED) is 0.720. The van der Waals surface area contributed by atoms with Gasteiger partial charge in [0.15, 0.2) is 5.65 Å². The van der Waals surface area contributed by atoms with Crippen molar-refractivity contribution in [3.63, 3.8) is 0 Å². The highest BCUT2D eigenvalue weighted by atomic mass is 15.3. The number of hydrogen-bond donors (Lipinski definition) is 1. The van der Waals surface area contributed by atoms with Crippen LogP contribution in [-0.2, 0) is 6.54 Å². The van der Waals surface area contributed by atoms with Crippen LogP contribution in [0.25, 0.3) is 22.6 Å². The molecule has 0 aliphatic carbocycles. The summed E-state index contributed by atoms with van der Waals surface area (Å²) in [6, 6.07) is 10.5. The van der Waals surface area contributed by atoms with E-state index in [-0.39, 0.29) is 0 Å². The minimum atomic E-state index is 0.857. The van der Waals surface area contributed by atoms with Crippen LogP contribution >= 0.6 is 0 Å². The van der Waals surface area contributed by atoms with Crippen molar-refractivity contribution in [2.75, 3.05) is 50.7 Å². The maximum atomic E-state index is 5.01.